The van der Waals surface area contributed by atoms with Gasteiger partial charge in [0.2, 0.25) is 0 Å². The Morgan fingerprint density at radius 3 is 2.40 bits per heavy atom. The lowest BCUT2D eigenvalue weighted by Crippen LogP contribution is -2.12. The molecule has 3 aromatic rings. The summed E-state index contributed by atoms with van der Waals surface area (Å²) in [6.45, 7) is -0.0973. The minimum Gasteiger partial charge on any atom is -0.493 e. The Hall–Kier alpha value is -3.59. The van der Waals surface area contributed by atoms with Gasteiger partial charge in [0.05, 0.1) is 27.0 Å². The number of amides is 1. The molecule has 8 nitrogen and oxygen atoms in total. The van der Waals surface area contributed by atoms with E-state index in [2.05, 4.69) is 10.3 Å². The number of methoxy groups -OCH3 is 3. The number of nitrogens with zero attached hydrogens (tertiary/aromatic N) is 1. The van der Waals surface area contributed by atoms with E-state index in [4.69, 9.17) is 18.9 Å². The maximum Gasteiger partial charge on any atom is 0.257 e. The second-order valence-electron chi connectivity index (χ2n) is 5.91. The number of anilines is 1. The van der Waals surface area contributed by atoms with Crippen LogP contribution in [-0.4, -0.2) is 45.1 Å². The monoisotopic (exact) mass is 428 g/mol. The van der Waals surface area contributed by atoms with Gasteiger partial charge in [-0.3, -0.25) is 14.9 Å². The number of rotatable bonds is 9. The van der Waals surface area contributed by atoms with Crippen LogP contribution in [0.3, 0.4) is 0 Å². The Balaban J connectivity index is 1.76. The summed E-state index contributed by atoms with van der Waals surface area (Å²) in [5.74, 6) is 1.61. The molecule has 1 aromatic heterocycles. The minimum atomic E-state index is -0.344. The third kappa shape index (κ3) is 4.69. The Kier molecular flexibility index (Phi) is 6.87. The molecule has 0 aliphatic rings. The van der Waals surface area contributed by atoms with Gasteiger partial charge in [-0.25, -0.2) is 4.98 Å². The number of carbonyl (C=O) groups excluding carboxylic acids is 2. The second kappa shape index (κ2) is 9.75. The van der Waals surface area contributed by atoms with Gasteiger partial charge in [-0.15, -0.1) is 11.3 Å². The fourth-order valence-corrected chi connectivity index (χ4v) is 3.40. The van der Waals surface area contributed by atoms with Crippen molar-refractivity contribution in [3.8, 4) is 34.3 Å². The smallest absolute Gasteiger partial charge is 0.257 e. The van der Waals surface area contributed by atoms with E-state index in [-0.39, 0.29) is 12.5 Å². The predicted octanol–water partition coefficient (Wildman–Crippen LogP) is 3.67. The average Bonchev–Trinajstić information content (AvgIpc) is 3.25. The zero-order valence-electron chi connectivity index (χ0n) is 16.6. The minimum absolute atomic E-state index is 0.0973. The summed E-state index contributed by atoms with van der Waals surface area (Å²) in [5.41, 5.74) is 1.90. The lowest BCUT2D eigenvalue weighted by Gasteiger charge is -2.10. The molecule has 0 aliphatic heterocycles. The van der Waals surface area contributed by atoms with E-state index in [0.29, 0.717) is 45.7 Å². The van der Waals surface area contributed by atoms with Crippen molar-refractivity contribution in [1.82, 2.24) is 4.98 Å². The highest BCUT2D eigenvalue weighted by atomic mass is 32.1. The molecule has 0 aliphatic carbocycles. The molecule has 9 heteroatoms. The van der Waals surface area contributed by atoms with Crippen molar-refractivity contribution in [1.29, 1.82) is 0 Å². The molecule has 156 valence electrons. The molecule has 1 heterocycles. The summed E-state index contributed by atoms with van der Waals surface area (Å²) in [7, 11) is 4.60. The molecule has 0 atom stereocenters. The van der Waals surface area contributed by atoms with Crippen molar-refractivity contribution >= 4 is 28.7 Å². The molecule has 1 amide bonds. The van der Waals surface area contributed by atoms with Gasteiger partial charge in [0.25, 0.3) is 5.91 Å². The lowest BCUT2D eigenvalue weighted by atomic mass is 10.1. The van der Waals surface area contributed by atoms with Crippen LogP contribution < -0.4 is 24.3 Å². The summed E-state index contributed by atoms with van der Waals surface area (Å²) in [5, 5.41) is 5.06. The van der Waals surface area contributed by atoms with Gasteiger partial charge in [-0.1, -0.05) is 0 Å². The van der Waals surface area contributed by atoms with Gasteiger partial charge in [0.1, 0.15) is 6.61 Å². The molecule has 30 heavy (non-hydrogen) atoms. The molecule has 0 saturated heterocycles. The highest BCUT2D eigenvalue weighted by Crippen LogP contribution is 2.34. The first kappa shape index (κ1) is 21.1. The van der Waals surface area contributed by atoms with Crippen molar-refractivity contribution in [3.05, 3.63) is 47.3 Å². The van der Waals surface area contributed by atoms with Crippen molar-refractivity contribution in [2.24, 2.45) is 0 Å². The van der Waals surface area contributed by atoms with Gasteiger partial charge in [-0.05, 0) is 36.4 Å². The Labute approximate surface area is 177 Å². The molecule has 0 unspecified atom stereocenters. The molecule has 2 aromatic carbocycles. The Morgan fingerprint density at radius 2 is 1.70 bits per heavy atom. The number of thiazole rings is 1. The number of aromatic nitrogens is 1. The Bertz CT molecular complexity index is 1050. The fraction of sp³-hybridized carbons (Fsp3) is 0.190. The lowest BCUT2D eigenvalue weighted by molar-refractivity contribution is -0.109. The zero-order chi connectivity index (χ0) is 21.5. The molecule has 3 rings (SSSR count). The normalized spacial score (nSPS) is 10.2. The first-order valence-electron chi connectivity index (χ1n) is 8.83. The second-order valence-corrected chi connectivity index (χ2v) is 6.76. The van der Waals surface area contributed by atoms with Crippen LogP contribution in [0.5, 0.6) is 23.0 Å². The van der Waals surface area contributed by atoms with Crippen LogP contribution in [0.2, 0.25) is 0 Å². The molecular weight excluding hydrogens is 408 g/mol. The number of hydrogen-bond acceptors (Lipinski definition) is 8. The van der Waals surface area contributed by atoms with E-state index < -0.39 is 0 Å². The topological polar surface area (TPSA) is 96.0 Å². The van der Waals surface area contributed by atoms with Crippen LogP contribution in [0.15, 0.2) is 41.8 Å². The molecule has 1 N–H and O–H groups in total. The van der Waals surface area contributed by atoms with Crippen molar-refractivity contribution in [2.75, 3.05) is 33.3 Å². The van der Waals surface area contributed by atoms with Crippen molar-refractivity contribution in [3.63, 3.8) is 0 Å². The summed E-state index contributed by atoms with van der Waals surface area (Å²) < 4.78 is 21.1. The van der Waals surface area contributed by atoms with Crippen molar-refractivity contribution in [2.45, 2.75) is 0 Å². The highest BCUT2D eigenvalue weighted by molar-refractivity contribution is 7.14. The van der Waals surface area contributed by atoms with Crippen LogP contribution in [0.1, 0.15) is 10.4 Å². The molecular formula is C21H20N2O6S. The molecule has 0 saturated carbocycles. The zero-order valence-corrected chi connectivity index (χ0v) is 17.4. The van der Waals surface area contributed by atoms with Crippen LogP contribution in [0.4, 0.5) is 5.13 Å². The van der Waals surface area contributed by atoms with Crippen LogP contribution in [0.25, 0.3) is 11.3 Å². The third-order valence-corrected chi connectivity index (χ3v) is 4.89. The molecule has 0 radical (unpaired) electrons. The SMILES string of the molecule is COc1ccc(-c2csc(NC(=O)c3ccc(OCC=O)c(OC)c3)n2)cc1OC. The quantitative estimate of drug-likeness (QED) is 0.520. The number of nitrogens with one attached hydrogen (secondary N) is 1. The summed E-state index contributed by atoms with van der Waals surface area (Å²) >= 11 is 1.31. The number of hydrogen-bond donors (Lipinski definition) is 1. The van der Waals surface area contributed by atoms with Crippen LogP contribution in [0, 0.1) is 0 Å². The van der Waals surface area contributed by atoms with Crippen LogP contribution >= 0.6 is 11.3 Å². The molecule has 0 bridgehead atoms. The number of aldehydes is 1. The van der Waals surface area contributed by atoms with Gasteiger partial charge < -0.3 is 18.9 Å². The van der Waals surface area contributed by atoms with Gasteiger partial charge in [0, 0.05) is 16.5 Å². The number of ether oxygens (including phenoxy) is 4. The number of carbonyl (C=O) groups is 2. The van der Waals surface area contributed by atoms with Gasteiger partial charge in [0.15, 0.2) is 34.4 Å². The van der Waals surface area contributed by atoms with E-state index in [1.54, 1.807) is 38.5 Å². The third-order valence-electron chi connectivity index (χ3n) is 4.14. The summed E-state index contributed by atoms with van der Waals surface area (Å²) in [6.07, 6.45) is 0.637. The summed E-state index contributed by atoms with van der Waals surface area (Å²) in [6, 6.07) is 10.2. The predicted molar refractivity (Wildman–Crippen MR) is 113 cm³/mol. The standard InChI is InChI=1S/C21H20N2O6S/c1-26-16-6-4-13(10-18(16)27-2)15-12-30-21(22-15)23-20(25)14-5-7-17(29-9-8-24)19(11-14)28-3/h4-8,10-12H,9H2,1-3H3,(H,22,23,25). The molecule has 0 spiro atoms. The Morgan fingerprint density at radius 1 is 1.00 bits per heavy atom. The maximum atomic E-state index is 12.6. The number of benzene rings is 2. The molecule has 0 fully saturated rings. The average molecular weight is 428 g/mol. The van der Waals surface area contributed by atoms with E-state index >= 15 is 0 Å². The van der Waals surface area contributed by atoms with Crippen molar-refractivity contribution < 1.29 is 28.5 Å². The highest BCUT2D eigenvalue weighted by Gasteiger charge is 2.14. The first-order valence-corrected chi connectivity index (χ1v) is 9.71. The van der Waals surface area contributed by atoms with E-state index in [1.807, 2.05) is 17.5 Å². The summed E-state index contributed by atoms with van der Waals surface area (Å²) in [4.78, 5) is 27.6. The maximum absolute atomic E-state index is 12.6. The van der Waals surface area contributed by atoms with Crippen LogP contribution in [-0.2, 0) is 4.79 Å². The largest absolute Gasteiger partial charge is 0.493 e. The van der Waals surface area contributed by atoms with Gasteiger partial charge >= 0.3 is 0 Å². The first-order chi connectivity index (χ1) is 14.6. The van der Waals surface area contributed by atoms with E-state index in [0.717, 1.165) is 5.56 Å². The fourth-order valence-electron chi connectivity index (χ4n) is 2.68. The van der Waals surface area contributed by atoms with Gasteiger partial charge in [-0.2, -0.15) is 0 Å². The van der Waals surface area contributed by atoms with E-state index in [9.17, 15) is 9.59 Å². The van der Waals surface area contributed by atoms with E-state index in [1.165, 1.54) is 18.4 Å².